The van der Waals surface area contributed by atoms with E-state index in [9.17, 15) is 24.3 Å². The Morgan fingerprint density at radius 1 is 1.16 bits per heavy atom. The maximum absolute atomic E-state index is 14.6. The van der Waals surface area contributed by atoms with Gasteiger partial charge in [0, 0.05) is 43.9 Å². The molecule has 0 aromatic heterocycles. The number of nitrogens with one attached hydrogen (secondary N) is 1. The molecule has 0 saturated carbocycles. The normalized spacial score (nSPS) is 25.0. The molecule has 2 N–H and O–H groups in total. The molecule has 0 aliphatic carbocycles. The van der Waals surface area contributed by atoms with Gasteiger partial charge in [0.15, 0.2) is 0 Å². The summed E-state index contributed by atoms with van der Waals surface area (Å²) in [6, 6.07) is 14.0. The third-order valence-corrected chi connectivity index (χ3v) is 9.84. The molecule has 3 aliphatic heterocycles. The number of ether oxygens (including phenoxy) is 3. The van der Waals surface area contributed by atoms with Crippen molar-refractivity contribution in [1.82, 2.24) is 10.2 Å². The molecule has 3 fully saturated rings. The van der Waals surface area contributed by atoms with E-state index in [-0.39, 0.29) is 51.0 Å². The van der Waals surface area contributed by atoms with Gasteiger partial charge >= 0.3 is 5.97 Å². The molecule has 7 atom stereocenters. The zero-order chi connectivity index (χ0) is 35.1. The zero-order valence-corrected chi connectivity index (χ0v) is 28.4. The Labute approximate surface area is 291 Å². The summed E-state index contributed by atoms with van der Waals surface area (Å²) in [6.45, 7) is 7.63. The largest absolute Gasteiger partial charge is 0.455 e. The van der Waals surface area contributed by atoms with Crippen molar-refractivity contribution in [2.24, 2.45) is 11.8 Å². The van der Waals surface area contributed by atoms with Gasteiger partial charge in [0.05, 0.1) is 30.6 Å². The van der Waals surface area contributed by atoms with E-state index < -0.39 is 53.6 Å². The molecule has 3 heterocycles. The number of fused-ring (bicyclic) bond motifs is 1. The first-order valence-electron chi connectivity index (χ1n) is 16.6. The number of amides is 3. The second kappa shape index (κ2) is 16.1. The van der Waals surface area contributed by atoms with Crippen LogP contribution in [0.5, 0.6) is 0 Å². The number of rotatable bonds is 17. The second-order valence-electron chi connectivity index (χ2n) is 12.6. The van der Waals surface area contributed by atoms with Crippen LogP contribution in [0.15, 0.2) is 79.9 Å². The lowest BCUT2D eigenvalue weighted by Gasteiger charge is -2.36. The highest BCUT2D eigenvalue weighted by molar-refractivity contribution is 6.30. The second-order valence-corrected chi connectivity index (χ2v) is 13.0. The average Bonchev–Trinajstić information content (AvgIpc) is 3.75. The monoisotopic (exact) mass is 693 g/mol. The van der Waals surface area contributed by atoms with Crippen molar-refractivity contribution in [3.8, 4) is 0 Å². The van der Waals surface area contributed by atoms with E-state index in [1.165, 1.54) is 16.9 Å². The summed E-state index contributed by atoms with van der Waals surface area (Å²) in [5.74, 6) is -3.66. The molecule has 0 unspecified atom stereocenters. The van der Waals surface area contributed by atoms with E-state index >= 15 is 0 Å². The van der Waals surface area contributed by atoms with E-state index in [1.807, 2.05) is 6.07 Å². The number of hydrogen-bond acceptors (Lipinski definition) is 8. The lowest BCUT2D eigenvalue weighted by molar-refractivity contribution is -0.163. The predicted molar refractivity (Wildman–Crippen MR) is 184 cm³/mol. The van der Waals surface area contributed by atoms with Crippen LogP contribution in [-0.4, -0.2) is 90.9 Å². The number of methoxy groups -OCH3 is 1. The summed E-state index contributed by atoms with van der Waals surface area (Å²) < 4.78 is 18.3. The van der Waals surface area contributed by atoms with Crippen LogP contribution in [0.1, 0.15) is 43.8 Å². The Hall–Kier alpha value is -4.03. The summed E-state index contributed by atoms with van der Waals surface area (Å²) in [4.78, 5) is 59.1. The van der Waals surface area contributed by atoms with E-state index in [4.69, 9.17) is 25.8 Å². The summed E-state index contributed by atoms with van der Waals surface area (Å²) in [5, 5.41) is 13.2. The Morgan fingerprint density at radius 2 is 1.90 bits per heavy atom. The molecule has 2 bridgehead atoms. The van der Waals surface area contributed by atoms with Gasteiger partial charge in [-0.3, -0.25) is 19.2 Å². The van der Waals surface area contributed by atoms with Gasteiger partial charge in [-0.2, -0.15) is 0 Å². The first-order valence-corrected chi connectivity index (χ1v) is 17.0. The van der Waals surface area contributed by atoms with Crippen molar-refractivity contribution in [3.05, 3.63) is 90.5 Å². The van der Waals surface area contributed by atoms with Crippen LogP contribution in [0.3, 0.4) is 0 Å². The number of esters is 1. The Kier molecular flexibility index (Phi) is 11.9. The fraction of sp³-hybridized carbons (Fsp3) is 0.459. The number of benzene rings is 2. The third-order valence-electron chi connectivity index (χ3n) is 9.58. The molecular formula is C37H44ClN3O8. The van der Waals surface area contributed by atoms with Crippen LogP contribution in [0.4, 0.5) is 5.69 Å². The van der Waals surface area contributed by atoms with Crippen molar-refractivity contribution < 1.29 is 38.5 Å². The molecule has 3 amide bonds. The Bertz CT molecular complexity index is 1520. The highest BCUT2D eigenvalue weighted by atomic mass is 35.5. The molecule has 2 aromatic rings. The molecule has 49 heavy (non-hydrogen) atoms. The Morgan fingerprint density at radius 3 is 2.55 bits per heavy atom. The number of allylic oxidation sites excluding steroid dienone is 1. The number of carbonyl (C=O) groups is 4. The van der Waals surface area contributed by atoms with Gasteiger partial charge < -0.3 is 34.4 Å². The molecule has 0 radical (unpaired) electrons. The number of halogens is 1. The van der Waals surface area contributed by atoms with Crippen LogP contribution in [-0.2, 0) is 33.4 Å². The zero-order valence-electron chi connectivity index (χ0n) is 27.7. The summed E-state index contributed by atoms with van der Waals surface area (Å²) >= 11 is 6.13. The molecule has 3 saturated heterocycles. The molecular weight excluding hydrogens is 650 g/mol. The lowest BCUT2D eigenvalue weighted by atomic mass is 9.70. The van der Waals surface area contributed by atoms with Crippen molar-refractivity contribution in [3.63, 3.8) is 0 Å². The smallest absolute Gasteiger partial charge is 0.313 e. The molecule has 12 heteroatoms. The van der Waals surface area contributed by atoms with Crippen molar-refractivity contribution in [1.29, 1.82) is 0 Å². The molecule has 1 spiro atoms. The molecule has 2 aromatic carbocycles. The molecule has 11 nitrogen and oxygen atoms in total. The minimum absolute atomic E-state index is 0.0545. The minimum Gasteiger partial charge on any atom is -0.455 e. The number of hydrogen-bond donors (Lipinski definition) is 2. The first-order chi connectivity index (χ1) is 23.7. The van der Waals surface area contributed by atoms with Gasteiger partial charge in [-0.1, -0.05) is 54.1 Å². The molecule has 262 valence electrons. The summed E-state index contributed by atoms with van der Waals surface area (Å²) in [5.41, 5.74) is -0.0759. The van der Waals surface area contributed by atoms with Gasteiger partial charge in [0.25, 0.3) is 5.91 Å². The summed E-state index contributed by atoms with van der Waals surface area (Å²) in [7, 11) is 1.50. The number of likely N-dealkylation sites (tertiary alicyclic amines) is 1. The van der Waals surface area contributed by atoms with Gasteiger partial charge in [-0.25, -0.2) is 0 Å². The van der Waals surface area contributed by atoms with Crippen LogP contribution in [0.2, 0.25) is 5.02 Å². The van der Waals surface area contributed by atoms with Crippen LogP contribution in [0, 0.1) is 11.8 Å². The van der Waals surface area contributed by atoms with Crippen molar-refractivity contribution >= 4 is 41.0 Å². The van der Waals surface area contributed by atoms with Crippen LogP contribution in [0.25, 0.3) is 0 Å². The molecule has 5 rings (SSSR count). The van der Waals surface area contributed by atoms with Crippen molar-refractivity contribution in [2.75, 3.05) is 38.3 Å². The predicted octanol–water partition coefficient (Wildman–Crippen LogP) is 4.00. The van der Waals surface area contributed by atoms with E-state index in [0.29, 0.717) is 35.5 Å². The number of nitrogens with zero attached hydrogens (tertiary/aromatic N) is 2. The maximum Gasteiger partial charge on any atom is 0.313 e. The Balaban J connectivity index is 1.48. The fourth-order valence-corrected chi connectivity index (χ4v) is 7.65. The topological polar surface area (TPSA) is 135 Å². The van der Waals surface area contributed by atoms with E-state index in [2.05, 4.69) is 18.5 Å². The van der Waals surface area contributed by atoms with E-state index in [1.54, 1.807) is 60.7 Å². The van der Waals surface area contributed by atoms with Gasteiger partial charge in [-0.05, 0) is 55.5 Å². The van der Waals surface area contributed by atoms with Crippen LogP contribution < -0.4 is 10.2 Å². The standard InChI is InChI=1S/C37H44ClN3O8/c1-4-6-13-29(43)39-27(23-47-3)32(24-11-8-7-9-12-24)48-36(46)30-28-18-19-37(49-28)31(30)34(44)41(21-10-22-42)33(37)35(45)40(20-5-2)26-16-14-25(38)15-17-26/h4-5,7-9,11-12,14-17,27-28,30-33,42H,1-2,6,10,13,18-23H2,3H3,(H,39,43)/t27-,28+,30-,31-,32-,33+,37-/m0/s1. The minimum atomic E-state index is -1.28. The number of anilines is 1. The quantitative estimate of drug-likeness (QED) is 0.188. The SMILES string of the molecule is C=CCCC(=O)N[C@@H](COC)[C@@H](OC(=O)[C@@H]1[C@H]2C(=O)N(CCCO)[C@H](C(=O)N(CC=C)c3ccc(Cl)cc3)[C@]23CC[C@H]1O3)c1ccccc1. The van der Waals surface area contributed by atoms with Gasteiger partial charge in [0.2, 0.25) is 11.8 Å². The van der Waals surface area contributed by atoms with Crippen molar-refractivity contribution in [2.45, 2.75) is 62.0 Å². The van der Waals surface area contributed by atoms with E-state index in [0.717, 1.165) is 0 Å². The first kappa shape index (κ1) is 36.3. The number of aliphatic hydroxyl groups is 1. The highest BCUT2D eigenvalue weighted by Gasteiger charge is 2.75. The van der Waals surface area contributed by atoms with Crippen LogP contribution >= 0.6 is 11.6 Å². The number of aliphatic hydroxyl groups excluding tert-OH is 1. The van der Waals surface area contributed by atoms with Gasteiger partial charge in [-0.15, -0.1) is 13.2 Å². The number of carbonyl (C=O) groups excluding carboxylic acids is 4. The molecule has 3 aliphatic rings. The third kappa shape index (κ3) is 7.30. The summed E-state index contributed by atoms with van der Waals surface area (Å²) in [6.07, 6.45) is 3.40. The van der Waals surface area contributed by atoms with Gasteiger partial charge in [0.1, 0.15) is 17.7 Å². The average molecular weight is 694 g/mol. The lowest BCUT2D eigenvalue weighted by Crippen LogP contribution is -2.56. The highest BCUT2D eigenvalue weighted by Crippen LogP contribution is 2.59. The fourth-order valence-electron chi connectivity index (χ4n) is 7.53. The maximum atomic E-state index is 14.6.